The number of nitrogens with zero attached hydrogens (tertiary/aromatic N) is 5. The lowest BCUT2D eigenvalue weighted by Crippen LogP contribution is -2.22. The molecule has 0 atom stereocenters. The van der Waals surface area contributed by atoms with Gasteiger partial charge < -0.3 is 4.52 Å². The Balaban J connectivity index is 1.49. The smallest absolute Gasteiger partial charge is 0.267 e. The van der Waals surface area contributed by atoms with Gasteiger partial charge in [0.1, 0.15) is 11.6 Å². The molecule has 164 valence electrons. The van der Waals surface area contributed by atoms with Crippen molar-refractivity contribution in [2.24, 2.45) is 0 Å². The van der Waals surface area contributed by atoms with E-state index >= 15 is 0 Å². The molecule has 5 aromatic rings. The molecule has 33 heavy (non-hydrogen) atoms. The molecule has 0 spiro atoms. The molecule has 7 nitrogen and oxygen atoms in total. The molecule has 0 unspecified atom stereocenters. The summed E-state index contributed by atoms with van der Waals surface area (Å²) in [5.41, 5.74) is 2.45. The van der Waals surface area contributed by atoms with Crippen LogP contribution in [0.4, 0.5) is 4.39 Å². The van der Waals surface area contributed by atoms with Gasteiger partial charge in [0.15, 0.2) is 5.16 Å². The molecule has 2 aromatic carbocycles. The van der Waals surface area contributed by atoms with Gasteiger partial charge in [-0.05, 0) is 49.2 Å². The number of rotatable bonds is 5. The van der Waals surface area contributed by atoms with Gasteiger partial charge in [-0.3, -0.25) is 4.79 Å². The SMILES string of the molecule is Cc1ccc(-n2c(SCc3nc(-c4ccc(C)c(F)c4)no3)nc3ccccc3c2=O)nc1. The van der Waals surface area contributed by atoms with E-state index in [9.17, 15) is 9.18 Å². The Labute approximate surface area is 192 Å². The van der Waals surface area contributed by atoms with E-state index < -0.39 is 0 Å². The largest absolute Gasteiger partial charge is 0.338 e. The van der Waals surface area contributed by atoms with E-state index in [1.54, 1.807) is 49.5 Å². The van der Waals surface area contributed by atoms with E-state index in [2.05, 4.69) is 20.1 Å². The zero-order chi connectivity index (χ0) is 22.9. The Kier molecular flexibility index (Phi) is 5.47. The molecule has 0 fully saturated rings. The predicted octanol–water partition coefficient (Wildman–Crippen LogP) is 4.88. The normalized spacial score (nSPS) is 11.2. The standard InChI is InChI=1S/C24H18FN5O2S/c1-14-7-10-20(26-12-14)30-23(31)17-5-3-4-6-19(17)27-24(30)33-13-21-28-22(29-32-21)16-9-8-15(2)18(25)11-16/h3-12H,13H2,1-2H3. The Bertz CT molecular complexity index is 1530. The van der Waals surface area contributed by atoms with Crippen LogP contribution in [0, 0.1) is 19.7 Å². The summed E-state index contributed by atoms with van der Waals surface area (Å²) >= 11 is 1.28. The second kappa shape index (κ2) is 8.59. The van der Waals surface area contributed by atoms with Gasteiger partial charge in [-0.25, -0.2) is 18.9 Å². The molecule has 0 aliphatic carbocycles. The maximum Gasteiger partial charge on any atom is 0.267 e. The highest BCUT2D eigenvalue weighted by atomic mass is 32.2. The molecule has 9 heteroatoms. The number of aryl methyl sites for hydroxylation is 2. The number of fused-ring (bicyclic) bond motifs is 1. The maximum absolute atomic E-state index is 13.9. The molecule has 3 heterocycles. The number of para-hydroxylation sites is 1. The Morgan fingerprint density at radius 2 is 1.91 bits per heavy atom. The monoisotopic (exact) mass is 459 g/mol. The van der Waals surface area contributed by atoms with Crippen molar-refractivity contribution in [2.75, 3.05) is 0 Å². The quantitative estimate of drug-likeness (QED) is 0.273. The van der Waals surface area contributed by atoms with Gasteiger partial charge >= 0.3 is 0 Å². The van der Waals surface area contributed by atoms with Crippen molar-refractivity contribution in [2.45, 2.75) is 24.8 Å². The second-order valence-corrected chi connectivity index (χ2v) is 8.45. The van der Waals surface area contributed by atoms with Crippen LogP contribution in [0.25, 0.3) is 28.1 Å². The average Bonchev–Trinajstić information content (AvgIpc) is 3.30. The molecule has 3 aromatic heterocycles. The molecule has 0 saturated heterocycles. The summed E-state index contributed by atoms with van der Waals surface area (Å²) in [6.07, 6.45) is 1.70. The van der Waals surface area contributed by atoms with Crippen molar-refractivity contribution < 1.29 is 8.91 Å². The van der Waals surface area contributed by atoms with Crippen molar-refractivity contribution in [3.63, 3.8) is 0 Å². The highest BCUT2D eigenvalue weighted by Crippen LogP contribution is 2.25. The van der Waals surface area contributed by atoms with Gasteiger partial charge in [0.05, 0.1) is 16.7 Å². The van der Waals surface area contributed by atoms with Crippen LogP contribution >= 0.6 is 11.8 Å². The minimum Gasteiger partial charge on any atom is -0.338 e. The Morgan fingerprint density at radius 1 is 1.06 bits per heavy atom. The van der Waals surface area contributed by atoms with E-state index in [-0.39, 0.29) is 17.1 Å². The first-order valence-electron chi connectivity index (χ1n) is 10.2. The number of halogens is 1. The van der Waals surface area contributed by atoms with E-state index in [1.165, 1.54) is 22.4 Å². The zero-order valence-electron chi connectivity index (χ0n) is 17.8. The highest BCUT2D eigenvalue weighted by Gasteiger charge is 2.16. The van der Waals surface area contributed by atoms with Crippen molar-refractivity contribution in [1.82, 2.24) is 24.7 Å². The van der Waals surface area contributed by atoms with Crippen LogP contribution in [0.2, 0.25) is 0 Å². The van der Waals surface area contributed by atoms with E-state index in [4.69, 9.17) is 4.52 Å². The molecule has 0 radical (unpaired) electrons. The molecule has 0 aliphatic rings. The van der Waals surface area contributed by atoms with E-state index in [0.29, 0.717) is 44.7 Å². The van der Waals surface area contributed by atoms with Gasteiger partial charge in [-0.15, -0.1) is 0 Å². The number of thioether (sulfide) groups is 1. The average molecular weight is 460 g/mol. The fourth-order valence-corrected chi connectivity index (χ4v) is 4.13. The first-order chi connectivity index (χ1) is 16.0. The Hall–Kier alpha value is -3.85. The molecule has 0 N–H and O–H groups in total. The van der Waals surface area contributed by atoms with Gasteiger partial charge in [0.2, 0.25) is 11.7 Å². The second-order valence-electron chi connectivity index (χ2n) is 7.51. The van der Waals surface area contributed by atoms with Gasteiger partial charge in [0.25, 0.3) is 5.56 Å². The molecule has 5 rings (SSSR count). The summed E-state index contributed by atoms with van der Waals surface area (Å²) in [6.45, 7) is 3.62. The fraction of sp³-hybridized carbons (Fsp3) is 0.125. The van der Waals surface area contributed by atoms with Crippen LogP contribution in [0.3, 0.4) is 0 Å². The summed E-state index contributed by atoms with van der Waals surface area (Å²) in [5.74, 6) is 1.06. The summed E-state index contributed by atoms with van der Waals surface area (Å²) in [4.78, 5) is 26.7. The third-order valence-corrected chi connectivity index (χ3v) is 6.02. The van der Waals surface area contributed by atoms with Crippen LogP contribution < -0.4 is 5.56 Å². The minimum absolute atomic E-state index is 0.208. The van der Waals surface area contributed by atoms with Gasteiger partial charge in [0, 0.05) is 11.8 Å². The first-order valence-corrected chi connectivity index (χ1v) is 11.1. The van der Waals surface area contributed by atoms with Gasteiger partial charge in [-0.2, -0.15) is 4.98 Å². The van der Waals surface area contributed by atoms with Crippen LogP contribution in [0.15, 0.2) is 75.3 Å². The van der Waals surface area contributed by atoms with Crippen molar-refractivity contribution >= 4 is 22.7 Å². The molecule has 0 bridgehead atoms. The first kappa shape index (κ1) is 21.0. The zero-order valence-corrected chi connectivity index (χ0v) is 18.6. The molecule has 0 saturated carbocycles. The molecule has 0 aliphatic heterocycles. The molecule has 0 amide bonds. The summed E-state index contributed by atoms with van der Waals surface area (Å²) < 4.78 is 20.7. The van der Waals surface area contributed by atoms with E-state index in [0.717, 1.165) is 5.56 Å². The van der Waals surface area contributed by atoms with E-state index in [1.807, 2.05) is 19.1 Å². The van der Waals surface area contributed by atoms with Crippen molar-refractivity contribution in [1.29, 1.82) is 0 Å². The topological polar surface area (TPSA) is 86.7 Å². The molecular weight excluding hydrogens is 441 g/mol. The summed E-state index contributed by atoms with van der Waals surface area (Å²) in [7, 11) is 0. The van der Waals surface area contributed by atoms with Crippen molar-refractivity contribution in [3.05, 3.63) is 94.0 Å². The summed E-state index contributed by atoms with van der Waals surface area (Å²) in [5, 5.41) is 4.92. The highest BCUT2D eigenvalue weighted by molar-refractivity contribution is 7.98. The van der Waals surface area contributed by atoms with Crippen LogP contribution in [-0.4, -0.2) is 24.7 Å². The molecular formula is C24H18FN5O2S. The lowest BCUT2D eigenvalue weighted by molar-refractivity contribution is 0.391. The predicted molar refractivity (Wildman–Crippen MR) is 124 cm³/mol. The van der Waals surface area contributed by atoms with Crippen LogP contribution in [0.5, 0.6) is 0 Å². The minimum atomic E-state index is -0.330. The number of aromatic nitrogens is 5. The Morgan fingerprint density at radius 3 is 2.70 bits per heavy atom. The number of pyridine rings is 1. The summed E-state index contributed by atoms with van der Waals surface area (Å²) in [6, 6.07) is 15.6. The third kappa shape index (κ3) is 4.14. The van der Waals surface area contributed by atoms with Gasteiger partial charge in [-0.1, -0.05) is 47.3 Å². The van der Waals surface area contributed by atoms with Crippen LogP contribution in [-0.2, 0) is 5.75 Å². The number of benzene rings is 2. The van der Waals surface area contributed by atoms with Crippen LogP contribution in [0.1, 0.15) is 17.0 Å². The third-order valence-electron chi connectivity index (χ3n) is 5.09. The number of hydrogen-bond acceptors (Lipinski definition) is 7. The maximum atomic E-state index is 13.9. The number of hydrogen-bond donors (Lipinski definition) is 0. The van der Waals surface area contributed by atoms with Crippen molar-refractivity contribution in [3.8, 4) is 17.2 Å². The lowest BCUT2D eigenvalue weighted by atomic mass is 10.1. The fourth-order valence-electron chi connectivity index (χ4n) is 3.29. The lowest BCUT2D eigenvalue weighted by Gasteiger charge is -2.12.